The van der Waals surface area contributed by atoms with Crippen LogP contribution in [0.1, 0.15) is 23.7 Å². The molecule has 0 saturated heterocycles. The topological polar surface area (TPSA) is 81.5 Å². The number of hydrogen-bond acceptors (Lipinski definition) is 6. The van der Waals surface area contributed by atoms with Gasteiger partial charge in [-0.15, -0.1) is 0 Å². The third kappa shape index (κ3) is 4.72. The van der Waals surface area contributed by atoms with Gasteiger partial charge in [-0.05, 0) is 55.4 Å². The quantitative estimate of drug-likeness (QED) is 0.488. The normalized spacial score (nSPS) is 10.9. The molecule has 1 aromatic heterocycles. The Morgan fingerprint density at radius 2 is 1.96 bits per heavy atom. The summed E-state index contributed by atoms with van der Waals surface area (Å²) in [5, 5.41) is 10.6. The summed E-state index contributed by atoms with van der Waals surface area (Å²) in [7, 11) is 0. The fourth-order valence-corrected chi connectivity index (χ4v) is 2.61. The minimum absolute atomic E-state index is 0.125. The number of aromatic nitrogens is 3. The average molecular weight is 396 g/mol. The van der Waals surface area contributed by atoms with Crippen LogP contribution in [0.4, 0.5) is 0 Å². The molecule has 0 aliphatic heterocycles. The zero-order valence-corrected chi connectivity index (χ0v) is 16.4. The van der Waals surface area contributed by atoms with Gasteiger partial charge in [0.2, 0.25) is 4.77 Å². The van der Waals surface area contributed by atoms with E-state index in [0.29, 0.717) is 24.7 Å². The highest BCUT2D eigenvalue weighted by molar-refractivity contribution is 7.71. The number of aryl methyl sites for hydroxylation is 1. The van der Waals surface area contributed by atoms with Crippen molar-refractivity contribution in [1.82, 2.24) is 14.9 Å². The van der Waals surface area contributed by atoms with Crippen molar-refractivity contribution in [1.29, 1.82) is 0 Å². The lowest BCUT2D eigenvalue weighted by Gasteiger charge is -2.12. The molecule has 0 aliphatic rings. The molecule has 0 amide bonds. The first-order valence-corrected chi connectivity index (χ1v) is 9.15. The Hall–Kier alpha value is -3.26. The molecule has 0 atom stereocenters. The number of benzene rings is 2. The van der Waals surface area contributed by atoms with Gasteiger partial charge in [0.1, 0.15) is 12.3 Å². The summed E-state index contributed by atoms with van der Waals surface area (Å²) in [5.41, 5.74) is 1.72. The van der Waals surface area contributed by atoms with Crippen LogP contribution in [0.5, 0.6) is 11.5 Å². The molecule has 0 bridgehead atoms. The van der Waals surface area contributed by atoms with E-state index in [1.807, 2.05) is 49.4 Å². The van der Waals surface area contributed by atoms with Crippen molar-refractivity contribution in [2.45, 2.75) is 20.5 Å². The van der Waals surface area contributed by atoms with Gasteiger partial charge >= 0.3 is 0 Å². The monoisotopic (exact) mass is 396 g/mol. The maximum atomic E-state index is 12.1. The van der Waals surface area contributed by atoms with Crippen LogP contribution < -0.4 is 15.0 Å². The molecule has 0 spiro atoms. The van der Waals surface area contributed by atoms with Crippen LogP contribution in [0.25, 0.3) is 0 Å². The van der Waals surface area contributed by atoms with Crippen LogP contribution in [0.2, 0.25) is 0 Å². The number of hydrogen-bond donors (Lipinski definition) is 1. The van der Waals surface area contributed by atoms with Gasteiger partial charge in [-0.3, -0.25) is 9.89 Å². The molecular formula is C20H20N4O3S. The minimum atomic E-state index is -0.368. The Balaban J connectivity index is 1.83. The minimum Gasteiger partial charge on any atom is -0.490 e. The number of rotatable bonds is 7. The van der Waals surface area contributed by atoms with E-state index in [1.54, 1.807) is 13.0 Å². The smallest absolute Gasteiger partial charge is 0.296 e. The molecule has 0 saturated carbocycles. The van der Waals surface area contributed by atoms with Crippen molar-refractivity contribution >= 4 is 18.4 Å². The summed E-state index contributed by atoms with van der Waals surface area (Å²) in [6, 6.07) is 15.3. The van der Waals surface area contributed by atoms with Crippen molar-refractivity contribution in [3.8, 4) is 11.5 Å². The van der Waals surface area contributed by atoms with E-state index in [9.17, 15) is 4.79 Å². The molecule has 1 heterocycles. The van der Waals surface area contributed by atoms with Gasteiger partial charge in [0.25, 0.3) is 5.56 Å². The first-order valence-electron chi connectivity index (χ1n) is 8.74. The van der Waals surface area contributed by atoms with Crippen LogP contribution in [-0.4, -0.2) is 27.7 Å². The van der Waals surface area contributed by atoms with E-state index in [-0.39, 0.29) is 16.0 Å². The number of nitrogens with zero attached hydrogens (tertiary/aromatic N) is 3. The van der Waals surface area contributed by atoms with Gasteiger partial charge in [-0.25, -0.2) is 0 Å². The third-order valence-corrected chi connectivity index (χ3v) is 4.10. The average Bonchev–Trinajstić information content (AvgIpc) is 2.71. The van der Waals surface area contributed by atoms with Crippen LogP contribution in [-0.2, 0) is 6.61 Å². The Labute approximate surface area is 167 Å². The van der Waals surface area contributed by atoms with E-state index >= 15 is 0 Å². The lowest BCUT2D eigenvalue weighted by molar-refractivity contribution is 0.269. The van der Waals surface area contributed by atoms with Crippen LogP contribution in [0, 0.1) is 11.7 Å². The number of ether oxygens (including phenoxy) is 2. The predicted octanol–water partition coefficient (Wildman–Crippen LogP) is 3.47. The Bertz CT molecular complexity index is 1090. The summed E-state index contributed by atoms with van der Waals surface area (Å²) in [6.45, 7) is 4.43. The van der Waals surface area contributed by atoms with Gasteiger partial charge < -0.3 is 9.47 Å². The highest BCUT2D eigenvalue weighted by Gasteiger charge is 2.07. The zero-order valence-electron chi connectivity index (χ0n) is 15.6. The number of H-pyrrole nitrogens is 1. The fraction of sp³-hybridized carbons (Fsp3) is 0.200. The maximum absolute atomic E-state index is 12.1. The SMILES string of the molecule is CCOc1cc(/C=N/n2c(=S)[nH]nc(C)c2=O)ccc1OCc1ccccc1. The van der Waals surface area contributed by atoms with Gasteiger partial charge in [0.05, 0.1) is 12.8 Å². The second-order valence-electron chi connectivity index (χ2n) is 5.89. The predicted molar refractivity (Wildman–Crippen MR) is 110 cm³/mol. The maximum Gasteiger partial charge on any atom is 0.296 e. The number of aromatic amines is 1. The van der Waals surface area contributed by atoms with Crippen molar-refractivity contribution in [3.05, 3.63) is 80.5 Å². The van der Waals surface area contributed by atoms with Crippen molar-refractivity contribution in [2.24, 2.45) is 5.10 Å². The van der Waals surface area contributed by atoms with Gasteiger partial charge in [0.15, 0.2) is 11.5 Å². The summed E-state index contributed by atoms with van der Waals surface area (Å²) < 4.78 is 12.8. The zero-order chi connectivity index (χ0) is 19.9. The van der Waals surface area contributed by atoms with E-state index in [4.69, 9.17) is 21.7 Å². The van der Waals surface area contributed by atoms with Crippen LogP contribution >= 0.6 is 12.2 Å². The molecule has 1 N–H and O–H groups in total. The molecule has 3 rings (SSSR count). The molecule has 144 valence electrons. The number of nitrogens with one attached hydrogen (secondary N) is 1. The molecule has 0 aliphatic carbocycles. The molecule has 8 heteroatoms. The van der Waals surface area contributed by atoms with Crippen molar-refractivity contribution < 1.29 is 9.47 Å². The van der Waals surface area contributed by atoms with Crippen molar-refractivity contribution in [2.75, 3.05) is 6.61 Å². The summed E-state index contributed by atoms with van der Waals surface area (Å²) >= 11 is 5.07. The molecule has 0 fully saturated rings. The molecule has 7 nitrogen and oxygen atoms in total. The largest absolute Gasteiger partial charge is 0.490 e. The van der Waals surface area contributed by atoms with E-state index < -0.39 is 0 Å². The first-order chi connectivity index (χ1) is 13.6. The summed E-state index contributed by atoms with van der Waals surface area (Å²) in [4.78, 5) is 12.1. The Kier molecular flexibility index (Phi) is 6.33. The van der Waals surface area contributed by atoms with E-state index in [0.717, 1.165) is 15.8 Å². The second-order valence-corrected chi connectivity index (χ2v) is 6.28. The van der Waals surface area contributed by atoms with Gasteiger partial charge in [0, 0.05) is 0 Å². The molecule has 28 heavy (non-hydrogen) atoms. The van der Waals surface area contributed by atoms with Gasteiger partial charge in [-0.1, -0.05) is 30.3 Å². The lowest BCUT2D eigenvalue weighted by atomic mass is 10.2. The van der Waals surface area contributed by atoms with Crippen LogP contribution in [0.3, 0.4) is 0 Å². The second kappa shape index (κ2) is 9.09. The standard InChI is InChI=1S/C20H20N4O3S/c1-3-26-18-11-16(12-21-24-19(25)14(2)22-23-20(24)28)9-10-17(18)27-13-15-7-5-4-6-8-15/h4-12H,3,13H2,1-2H3,(H,23,28)/b21-12+. The molecular weight excluding hydrogens is 376 g/mol. The van der Waals surface area contributed by atoms with E-state index in [1.165, 1.54) is 6.21 Å². The van der Waals surface area contributed by atoms with E-state index in [2.05, 4.69) is 15.3 Å². The molecule has 0 unspecified atom stereocenters. The highest BCUT2D eigenvalue weighted by Crippen LogP contribution is 2.28. The highest BCUT2D eigenvalue weighted by atomic mass is 32.1. The van der Waals surface area contributed by atoms with Gasteiger partial charge in [-0.2, -0.15) is 14.9 Å². The van der Waals surface area contributed by atoms with Crippen LogP contribution in [0.15, 0.2) is 58.4 Å². The summed E-state index contributed by atoms with van der Waals surface area (Å²) in [6.07, 6.45) is 1.54. The fourth-order valence-electron chi connectivity index (χ4n) is 2.43. The third-order valence-electron chi connectivity index (χ3n) is 3.84. The Morgan fingerprint density at radius 1 is 1.18 bits per heavy atom. The lowest BCUT2D eigenvalue weighted by Crippen LogP contribution is -2.22. The Morgan fingerprint density at radius 3 is 2.71 bits per heavy atom. The van der Waals surface area contributed by atoms with Crippen molar-refractivity contribution in [3.63, 3.8) is 0 Å². The first kappa shape index (κ1) is 19.5. The summed E-state index contributed by atoms with van der Waals surface area (Å²) in [5.74, 6) is 1.24. The molecule has 3 aromatic rings. The molecule has 0 radical (unpaired) electrons. The molecule has 2 aromatic carbocycles.